The topological polar surface area (TPSA) is 49.0 Å². The first-order chi connectivity index (χ1) is 13.1. The first-order valence-corrected chi connectivity index (χ1v) is 10.2. The van der Waals surface area contributed by atoms with Gasteiger partial charge >= 0.3 is 0 Å². The molecule has 27 heavy (non-hydrogen) atoms. The lowest BCUT2D eigenvalue weighted by Gasteiger charge is -2.34. The van der Waals surface area contributed by atoms with Crippen molar-refractivity contribution < 1.29 is 0 Å². The van der Waals surface area contributed by atoms with E-state index in [9.17, 15) is 4.79 Å². The quantitative estimate of drug-likeness (QED) is 0.697. The van der Waals surface area contributed by atoms with E-state index in [0.717, 1.165) is 46.7 Å². The Bertz CT molecular complexity index is 1140. The molecular weight excluding hydrogens is 354 g/mol. The molecule has 1 saturated carbocycles. The summed E-state index contributed by atoms with van der Waals surface area (Å²) in [7, 11) is 0. The molecule has 0 unspecified atom stereocenters. The number of nitrogens with zero attached hydrogens (tertiary/aromatic N) is 2. The van der Waals surface area contributed by atoms with Crippen molar-refractivity contribution in [3.8, 4) is 11.1 Å². The smallest absolute Gasteiger partial charge is 0.268 e. The van der Waals surface area contributed by atoms with Crippen molar-refractivity contribution in [1.29, 1.82) is 0 Å². The number of nitrogens with one attached hydrogen (secondary N) is 1. The summed E-state index contributed by atoms with van der Waals surface area (Å²) in [5.41, 5.74) is 8.61. The van der Waals surface area contributed by atoms with E-state index < -0.39 is 0 Å². The minimum atomic E-state index is -0.0264. The summed E-state index contributed by atoms with van der Waals surface area (Å²) in [6, 6.07) is 8.91. The molecule has 4 nitrogen and oxygen atoms in total. The molecule has 1 aliphatic carbocycles. The maximum atomic E-state index is 12.4. The fourth-order valence-corrected chi connectivity index (χ4v) is 5.13. The highest BCUT2D eigenvalue weighted by atomic mass is 32.1. The van der Waals surface area contributed by atoms with Crippen LogP contribution in [0.3, 0.4) is 0 Å². The standard InChI is InChI=1S/C22H21N3OS/c1-4-15-18(17-6-5-11-23-13(17)3)10-9-16-12(2)19-21(26)24-27-22(19)25(20(15)16)14-7-8-14/h5-6,9-11,14H,2,4,7-8H2,1,3H3,(H,24,26). The van der Waals surface area contributed by atoms with Gasteiger partial charge < -0.3 is 4.90 Å². The van der Waals surface area contributed by atoms with Crippen LogP contribution in [0.2, 0.25) is 0 Å². The average molecular weight is 375 g/mol. The number of fused-ring (bicyclic) bond motifs is 2. The van der Waals surface area contributed by atoms with Crippen molar-refractivity contribution in [2.24, 2.45) is 0 Å². The van der Waals surface area contributed by atoms with Crippen LogP contribution in [0.4, 0.5) is 10.7 Å². The van der Waals surface area contributed by atoms with E-state index >= 15 is 0 Å². The van der Waals surface area contributed by atoms with Gasteiger partial charge in [-0.15, -0.1) is 0 Å². The third-order valence-corrected chi connectivity index (χ3v) is 6.49. The van der Waals surface area contributed by atoms with Crippen LogP contribution in [0.5, 0.6) is 0 Å². The fraction of sp³-hybridized carbons (Fsp3) is 0.273. The Labute approximate surface area is 162 Å². The number of pyridine rings is 1. The van der Waals surface area contributed by atoms with Gasteiger partial charge in [0.05, 0.1) is 11.3 Å². The SMILES string of the molecule is C=C1c2ccc(-c3cccnc3C)c(CC)c2N(C2CC2)c2s[nH]c(=O)c21. The van der Waals surface area contributed by atoms with Gasteiger partial charge in [-0.25, -0.2) is 0 Å². The highest BCUT2D eigenvalue weighted by molar-refractivity contribution is 7.10. The van der Waals surface area contributed by atoms with E-state index in [-0.39, 0.29) is 5.56 Å². The van der Waals surface area contributed by atoms with Gasteiger partial charge in [-0.05, 0) is 60.5 Å². The monoisotopic (exact) mass is 375 g/mol. The van der Waals surface area contributed by atoms with E-state index in [4.69, 9.17) is 0 Å². The maximum Gasteiger partial charge on any atom is 0.268 e. The molecule has 1 fully saturated rings. The number of rotatable bonds is 3. The lowest BCUT2D eigenvalue weighted by molar-refractivity contribution is 0.951. The van der Waals surface area contributed by atoms with Crippen LogP contribution in [0.1, 0.15) is 42.1 Å². The number of hydrogen-bond acceptors (Lipinski definition) is 4. The molecule has 136 valence electrons. The molecule has 0 amide bonds. The number of H-pyrrole nitrogens is 1. The number of anilines is 2. The molecule has 2 aliphatic rings. The van der Waals surface area contributed by atoms with Gasteiger partial charge in [0.25, 0.3) is 5.56 Å². The Morgan fingerprint density at radius 2 is 2.04 bits per heavy atom. The number of aryl methyl sites for hydroxylation is 1. The van der Waals surface area contributed by atoms with Crippen molar-refractivity contribution in [2.75, 3.05) is 4.90 Å². The first-order valence-electron chi connectivity index (χ1n) is 9.40. The Hall–Kier alpha value is -2.66. The third kappa shape index (κ3) is 2.34. The molecule has 0 radical (unpaired) electrons. The largest absolute Gasteiger partial charge is 0.328 e. The summed E-state index contributed by atoms with van der Waals surface area (Å²) in [4.78, 5) is 19.3. The van der Waals surface area contributed by atoms with Gasteiger partial charge in [-0.3, -0.25) is 14.2 Å². The van der Waals surface area contributed by atoms with Crippen molar-refractivity contribution in [3.05, 3.63) is 69.8 Å². The van der Waals surface area contributed by atoms with Gasteiger partial charge in [0.15, 0.2) is 0 Å². The molecule has 0 bridgehead atoms. The van der Waals surface area contributed by atoms with Crippen LogP contribution in [0, 0.1) is 6.92 Å². The van der Waals surface area contributed by atoms with Gasteiger partial charge in [-0.1, -0.05) is 31.7 Å². The van der Waals surface area contributed by atoms with Crippen molar-refractivity contribution in [1.82, 2.24) is 9.36 Å². The molecule has 0 atom stereocenters. The van der Waals surface area contributed by atoms with Crippen LogP contribution < -0.4 is 10.5 Å². The highest BCUT2D eigenvalue weighted by Crippen LogP contribution is 2.52. The predicted molar refractivity (Wildman–Crippen MR) is 112 cm³/mol. The summed E-state index contributed by atoms with van der Waals surface area (Å²) >= 11 is 1.44. The molecule has 3 aromatic rings. The average Bonchev–Trinajstić information content (AvgIpc) is 3.43. The summed E-state index contributed by atoms with van der Waals surface area (Å²) in [6.07, 6.45) is 5.08. The van der Waals surface area contributed by atoms with E-state index in [2.05, 4.69) is 52.9 Å². The lowest BCUT2D eigenvalue weighted by atomic mass is 9.87. The molecule has 2 aromatic heterocycles. The zero-order valence-electron chi connectivity index (χ0n) is 15.5. The predicted octanol–water partition coefficient (Wildman–Crippen LogP) is 5.04. The number of hydrogen-bond donors (Lipinski definition) is 1. The second-order valence-corrected chi connectivity index (χ2v) is 8.07. The maximum absolute atomic E-state index is 12.4. The summed E-state index contributed by atoms with van der Waals surface area (Å²) < 4.78 is 2.92. The number of aromatic nitrogens is 2. The Morgan fingerprint density at radius 3 is 2.74 bits per heavy atom. The summed E-state index contributed by atoms with van der Waals surface area (Å²) in [6.45, 7) is 8.55. The van der Waals surface area contributed by atoms with Crippen LogP contribution in [0.15, 0.2) is 41.8 Å². The molecule has 5 rings (SSSR count). The summed E-state index contributed by atoms with van der Waals surface area (Å²) in [5.74, 6) is 0. The minimum Gasteiger partial charge on any atom is -0.328 e. The van der Waals surface area contributed by atoms with Crippen molar-refractivity contribution in [3.63, 3.8) is 0 Å². The van der Waals surface area contributed by atoms with E-state index in [0.29, 0.717) is 6.04 Å². The summed E-state index contributed by atoms with van der Waals surface area (Å²) in [5, 5.41) is 1.02. The molecule has 1 N–H and O–H groups in total. The van der Waals surface area contributed by atoms with Crippen LogP contribution in [0.25, 0.3) is 16.7 Å². The molecule has 1 aliphatic heterocycles. The fourth-order valence-electron chi connectivity index (χ4n) is 4.18. The van der Waals surface area contributed by atoms with Gasteiger partial charge in [0.1, 0.15) is 5.00 Å². The van der Waals surface area contributed by atoms with E-state index in [1.807, 2.05) is 12.3 Å². The third-order valence-electron chi connectivity index (χ3n) is 5.61. The second-order valence-electron chi connectivity index (χ2n) is 7.27. The Kier molecular flexibility index (Phi) is 3.62. The molecular formula is C22H21N3OS. The van der Waals surface area contributed by atoms with Crippen LogP contribution in [-0.4, -0.2) is 15.4 Å². The Morgan fingerprint density at radius 1 is 1.26 bits per heavy atom. The van der Waals surface area contributed by atoms with Gasteiger partial charge in [-0.2, -0.15) is 0 Å². The lowest BCUT2D eigenvalue weighted by Crippen LogP contribution is -2.27. The second kappa shape index (κ2) is 5.92. The van der Waals surface area contributed by atoms with Crippen molar-refractivity contribution in [2.45, 2.75) is 39.2 Å². The van der Waals surface area contributed by atoms with Gasteiger partial charge in [0.2, 0.25) is 0 Å². The number of aromatic amines is 1. The first kappa shape index (κ1) is 16.5. The molecule has 0 saturated heterocycles. The van der Waals surface area contributed by atoms with Crippen molar-refractivity contribution >= 4 is 27.8 Å². The minimum absolute atomic E-state index is 0.0264. The van der Waals surface area contributed by atoms with Gasteiger partial charge in [0, 0.05) is 29.1 Å². The Balaban J connectivity index is 1.82. The van der Waals surface area contributed by atoms with Crippen LogP contribution in [-0.2, 0) is 6.42 Å². The van der Waals surface area contributed by atoms with E-state index in [1.54, 1.807) is 0 Å². The normalized spacial score (nSPS) is 15.6. The van der Waals surface area contributed by atoms with Crippen LogP contribution >= 0.6 is 11.5 Å². The molecule has 3 heterocycles. The number of benzene rings is 1. The van der Waals surface area contributed by atoms with E-state index in [1.165, 1.54) is 33.9 Å². The zero-order valence-corrected chi connectivity index (χ0v) is 16.3. The zero-order chi connectivity index (χ0) is 18.7. The molecule has 0 spiro atoms. The molecule has 1 aromatic carbocycles. The highest BCUT2D eigenvalue weighted by Gasteiger charge is 2.40. The molecule has 5 heteroatoms.